The van der Waals surface area contributed by atoms with Crippen molar-refractivity contribution in [1.29, 1.82) is 0 Å². The molecule has 0 aliphatic rings. The fourth-order valence-corrected chi connectivity index (χ4v) is 3.30. The van der Waals surface area contributed by atoms with Gasteiger partial charge in [-0.05, 0) is 12.8 Å². The zero-order valence-electron chi connectivity index (χ0n) is 10.2. The van der Waals surface area contributed by atoms with Gasteiger partial charge in [-0.3, -0.25) is 0 Å². The predicted octanol–water partition coefficient (Wildman–Crippen LogP) is 1.03. The molecule has 92 valence electrons. The molecule has 1 unspecified atom stereocenters. The number of nitrogens with two attached hydrogens (primary N) is 1. The minimum Gasteiger partial charge on any atom is -0.329 e. The molecule has 0 aliphatic carbocycles. The Morgan fingerprint density at radius 3 is 2.07 bits per heavy atom. The van der Waals surface area contributed by atoms with Gasteiger partial charge < -0.3 is 5.73 Å². The van der Waals surface area contributed by atoms with Gasteiger partial charge in [-0.15, -0.1) is 0 Å². The first-order valence-corrected chi connectivity index (χ1v) is 7.15. The molecule has 0 saturated heterocycles. The molecule has 4 nitrogen and oxygen atoms in total. The van der Waals surface area contributed by atoms with Crippen LogP contribution in [0.1, 0.15) is 33.6 Å². The summed E-state index contributed by atoms with van der Waals surface area (Å²) in [6.07, 6.45) is 1.81. The van der Waals surface area contributed by atoms with Crippen LogP contribution in [-0.4, -0.2) is 38.1 Å². The van der Waals surface area contributed by atoms with E-state index in [1.54, 1.807) is 7.05 Å². The SMILES string of the molecule is CCC(CC)CS(=O)(=O)N(C)C(C)CN. The summed E-state index contributed by atoms with van der Waals surface area (Å²) < 4.78 is 25.3. The second-order valence-corrected chi connectivity index (χ2v) is 6.14. The lowest BCUT2D eigenvalue weighted by Gasteiger charge is -2.25. The molecule has 0 bridgehead atoms. The molecule has 5 heteroatoms. The predicted molar refractivity (Wildman–Crippen MR) is 64.1 cm³/mol. The fraction of sp³-hybridized carbons (Fsp3) is 1.00. The van der Waals surface area contributed by atoms with Crippen molar-refractivity contribution in [2.24, 2.45) is 11.7 Å². The van der Waals surface area contributed by atoms with E-state index in [4.69, 9.17) is 5.73 Å². The van der Waals surface area contributed by atoms with Crippen molar-refractivity contribution in [1.82, 2.24) is 4.31 Å². The van der Waals surface area contributed by atoms with Gasteiger partial charge in [0.25, 0.3) is 0 Å². The molecule has 0 aromatic rings. The second-order valence-electron chi connectivity index (χ2n) is 4.06. The highest BCUT2D eigenvalue weighted by molar-refractivity contribution is 7.89. The second kappa shape index (κ2) is 6.45. The minimum absolute atomic E-state index is 0.121. The molecular formula is C10H24N2O2S. The number of sulfonamides is 1. The molecule has 0 saturated carbocycles. The maximum absolute atomic E-state index is 11.9. The summed E-state index contributed by atoms with van der Waals surface area (Å²) in [5, 5.41) is 0. The summed E-state index contributed by atoms with van der Waals surface area (Å²) >= 11 is 0. The summed E-state index contributed by atoms with van der Waals surface area (Å²) in [7, 11) is -1.54. The van der Waals surface area contributed by atoms with E-state index in [1.807, 2.05) is 20.8 Å². The smallest absolute Gasteiger partial charge is 0.214 e. The van der Waals surface area contributed by atoms with Gasteiger partial charge in [-0.25, -0.2) is 12.7 Å². The lowest BCUT2D eigenvalue weighted by Crippen LogP contribution is -2.41. The van der Waals surface area contributed by atoms with E-state index in [0.29, 0.717) is 6.54 Å². The fourth-order valence-electron chi connectivity index (χ4n) is 1.36. The van der Waals surface area contributed by atoms with E-state index in [9.17, 15) is 8.42 Å². The van der Waals surface area contributed by atoms with E-state index in [0.717, 1.165) is 12.8 Å². The highest BCUT2D eigenvalue weighted by atomic mass is 32.2. The van der Waals surface area contributed by atoms with Crippen molar-refractivity contribution < 1.29 is 8.42 Å². The average Bonchev–Trinajstić information content (AvgIpc) is 2.23. The zero-order chi connectivity index (χ0) is 12.1. The summed E-state index contributed by atoms with van der Waals surface area (Å²) in [6.45, 7) is 6.23. The van der Waals surface area contributed by atoms with Crippen LogP contribution >= 0.6 is 0 Å². The lowest BCUT2D eigenvalue weighted by molar-refractivity contribution is 0.386. The Kier molecular flexibility index (Phi) is 6.40. The molecule has 0 radical (unpaired) electrons. The minimum atomic E-state index is -3.14. The van der Waals surface area contributed by atoms with Gasteiger partial charge in [0.15, 0.2) is 0 Å². The third kappa shape index (κ3) is 4.49. The third-order valence-electron chi connectivity index (χ3n) is 3.00. The standard InChI is InChI=1S/C10H24N2O2S/c1-5-10(6-2)8-15(13,14)12(4)9(3)7-11/h9-10H,5-8,11H2,1-4H3. The first-order chi connectivity index (χ1) is 6.88. The Morgan fingerprint density at radius 1 is 1.27 bits per heavy atom. The Morgan fingerprint density at radius 2 is 1.73 bits per heavy atom. The normalized spacial score (nSPS) is 14.9. The molecule has 15 heavy (non-hydrogen) atoms. The van der Waals surface area contributed by atoms with E-state index >= 15 is 0 Å². The Hall–Kier alpha value is -0.130. The zero-order valence-corrected chi connectivity index (χ0v) is 11.0. The molecule has 0 heterocycles. The Balaban J connectivity index is 4.54. The summed E-state index contributed by atoms with van der Waals surface area (Å²) in [4.78, 5) is 0. The summed E-state index contributed by atoms with van der Waals surface area (Å²) in [5.41, 5.74) is 5.46. The molecule has 0 amide bonds. The van der Waals surface area contributed by atoms with Gasteiger partial charge in [0, 0.05) is 19.6 Å². The number of hydrogen-bond acceptors (Lipinski definition) is 3. The Bertz CT molecular complexity index is 261. The van der Waals surface area contributed by atoms with Crippen molar-refractivity contribution in [2.45, 2.75) is 39.7 Å². The van der Waals surface area contributed by atoms with Gasteiger partial charge in [0.2, 0.25) is 10.0 Å². The molecule has 0 spiro atoms. The monoisotopic (exact) mass is 236 g/mol. The summed E-state index contributed by atoms with van der Waals surface area (Å²) in [5.74, 6) is 0.489. The Labute approximate surface area is 93.9 Å². The average molecular weight is 236 g/mol. The number of nitrogens with zero attached hydrogens (tertiary/aromatic N) is 1. The maximum atomic E-state index is 11.9. The van der Waals surface area contributed by atoms with Gasteiger partial charge in [-0.2, -0.15) is 0 Å². The van der Waals surface area contributed by atoms with E-state index < -0.39 is 10.0 Å². The largest absolute Gasteiger partial charge is 0.329 e. The van der Waals surface area contributed by atoms with E-state index in [2.05, 4.69) is 0 Å². The molecule has 0 aromatic carbocycles. The van der Waals surface area contributed by atoms with Crippen molar-refractivity contribution in [3.63, 3.8) is 0 Å². The first-order valence-electron chi connectivity index (χ1n) is 5.54. The third-order valence-corrected chi connectivity index (χ3v) is 5.13. The highest BCUT2D eigenvalue weighted by Crippen LogP contribution is 2.14. The molecule has 0 fully saturated rings. The number of hydrogen-bond donors (Lipinski definition) is 1. The van der Waals surface area contributed by atoms with Crippen LogP contribution in [0.5, 0.6) is 0 Å². The number of likely N-dealkylation sites (N-methyl/N-ethyl adjacent to an activating group) is 1. The van der Waals surface area contributed by atoms with E-state index in [-0.39, 0.29) is 17.7 Å². The van der Waals surface area contributed by atoms with Crippen molar-refractivity contribution in [3.05, 3.63) is 0 Å². The van der Waals surface area contributed by atoms with Gasteiger partial charge in [0.05, 0.1) is 5.75 Å². The van der Waals surface area contributed by atoms with Crippen LogP contribution in [0, 0.1) is 5.92 Å². The van der Waals surface area contributed by atoms with Crippen LogP contribution in [0.3, 0.4) is 0 Å². The van der Waals surface area contributed by atoms with Crippen LogP contribution in [0.15, 0.2) is 0 Å². The maximum Gasteiger partial charge on any atom is 0.214 e. The first kappa shape index (κ1) is 14.9. The quantitative estimate of drug-likeness (QED) is 0.718. The molecule has 2 N–H and O–H groups in total. The molecular weight excluding hydrogens is 212 g/mol. The topological polar surface area (TPSA) is 63.4 Å². The molecule has 0 aromatic heterocycles. The van der Waals surface area contributed by atoms with Crippen LogP contribution in [0.4, 0.5) is 0 Å². The van der Waals surface area contributed by atoms with Gasteiger partial charge in [0.1, 0.15) is 0 Å². The lowest BCUT2D eigenvalue weighted by atomic mass is 10.1. The number of rotatable bonds is 7. The van der Waals surface area contributed by atoms with E-state index in [1.165, 1.54) is 4.31 Å². The molecule has 0 aliphatic heterocycles. The van der Waals surface area contributed by atoms with Crippen LogP contribution in [0.2, 0.25) is 0 Å². The van der Waals surface area contributed by atoms with Gasteiger partial charge in [-0.1, -0.05) is 26.7 Å². The van der Waals surface area contributed by atoms with Gasteiger partial charge >= 0.3 is 0 Å². The highest BCUT2D eigenvalue weighted by Gasteiger charge is 2.24. The van der Waals surface area contributed by atoms with Crippen LogP contribution < -0.4 is 5.73 Å². The van der Waals surface area contributed by atoms with Crippen LogP contribution in [-0.2, 0) is 10.0 Å². The van der Waals surface area contributed by atoms with Crippen molar-refractivity contribution >= 4 is 10.0 Å². The molecule has 1 atom stereocenters. The summed E-state index contributed by atoms with van der Waals surface area (Å²) in [6, 6.07) is -0.121. The molecule has 0 rings (SSSR count). The van der Waals surface area contributed by atoms with Crippen molar-refractivity contribution in [3.8, 4) is 0 Å². The van der Waals surface area contributed by atoms with Crippen molar-refractivity contribution in [2.75, 3.05) is 19.3 Å². The van der Waals surface area contributed by atoms with Crippen LogP contribution in [0.25, 0.3) is 0 Å².